The summed E-state index contributed by atoms with van der Waals surface area (Å²) in [7, 11) is 0. The van der Waals surface area contributed by atoms with Gasteiger partial charge in [-0.25, -0.2) is 4.39 Å². The van der Waals surface area contributed by atoms with Crippen molar-refractivity contribution in [2.45, 2.75) is 18.9 Å². The van der Waals surface area contributed by atoms with Crippen molar-refractivity contribution in [3.05, 3.63) is 29.6 Å². The number of hydrogen-bond donors (Lipinski definition) is 1. The fraction of sp³-hybridized carbons (Fsp3) is 0.556. The highest BCUT2D eigenvalue weighted by Gasteiger charge is 2.22. The Labute approximate surface area is 147 Å². The Bertz CT molecular complexity index is 647. The molecule has 0 radical (unpaired) electrons. The Morgan fingerprint density at radius 3 is 2.84 bits per heavy atom. The summed E-state index contributed by atoms with van der Waals surface area (Å²) in [6.07, 6.45) is 2.22. The maximum absolute atomic E-state index is 13.7. The van der Waals surface area contributed by atoms with Crippen LogP contribution in [0.2, 0.25) is 0 Å². The first-order chi connectivity index (χ1) is 12.2. The molecule has 1 aromatic rings. The van der Waals surface area contributed by atoms with E-state index in [1.54, 1.807) is 12.1 Å². The summed E-state index contributed by atoms with van der Waals surface area (Å²) < 4.78 is 19.2. The number of nitriles is 1. The van der Waals surface area contributed by atoms with Gasteiger partial charge in [-0.2, -0.15) is 5.26 Å². The summed E-state index contributed by atoms with van der Waals surface area (Å²) >= 11 is 0. The number of ether oxygens (including phenoxy) is 1. The molecule has 0 saturated carbocycles. The van der Waals surface area contributed by atoms with Gasteiger partial charge in [0.25, 0.3) is 0 Å². The molecule has 1 N–H and O–H groups in total. The molecule has 25 heavy (non-hydrogen) atoms. The van der Waals surface area contributed by atoms with E-state index in [0.717, 1.165) is 19.4 Å². The summed E-state index contributed by atoms with van der Waals surface area (Å²) in [5, 5.41) is 12.1. The highest BCUT2D eigenvalue weighted by molar-refractivity contribution is 5.78. The van der Waals surface area contributed by atoms with Crippen LogP contribution in [0.1, 0.15) is 18.4 Å². The molecule has 7 heteroatoms. The molecule has 0 bridgehead atoms. The number of nitrogens with zero attached hydrogens (tertiary/aromatic N) is 3. The zero-order valence-corrected chi connectivity index (χ0v) is 14.2. The third-order valence-corrected chi connectivity index (χ3v) is 4.73. The van der Waals surface area contributed by atoms with Crippen LogP contribution in [-0.2, 0) is 9.53 Å². The number of rotatable bonds is 5. The van der Waals surface area contributed by atoms with Gasteiger partial charge >= 0.3 is 0 Å². The van der Waals surface area contributed by atoms with Crippen molar-refractivity contribution in [3.8, 4) is 6.07 Å². The number of amides is 1. The second kappa shape index (κ2) is 8.28. The average molecular weight is 346 g/mol. The molecular formula is C18H23FN4O2. The van der Waals surface area contributed by atoms with Gasteiger partial charge in [-0.05, 0) is 25.0 Å². The minimum absolute atomic E-state index is 0.00687. The topological polar surface area (TPSA) is 68.6 Å². The molecule has 1 atom stereocenters. The summed E-state index contributed by atoms with van der Waals surface area (Å²) in [6.45, 7) is 4.45. The van der Waals surface area contributed by atoms with E-state index >= 15 is 0 Å². The van der Waals surface area contributed by atoms with E-state index in [1.165, 1.54) is 6.07 Å². The second-order valence-electron chi connectivity index (χ2n) is 6.45. The standard InChI is InChI=1S/C18H23FN4O2/c19-16-4-1-5-17(15(16)11-20)23-8-6-22(7-9-23)13-18(24)21-12-14-3-2-10-25-14/h1,4-5,14H,2-3,6-10,12-13H2,(H,21,24)/t14-/m1/s1. The van der Waals surface area contributed by atoms with Crippen molar-refractivity contribution < 1.29 is 13.9 Å². The molecule has 0 aromatic heterocycles. The largest absolute Gasteiger partial charge is 0.376 e. The van der Waals surface area contributed by atoms with Crippen LogP contribution in [0, 0.1) is 17.1 Å². The van der Waals surface area contributed by atoms with Crippen LogP contribution < -0.4 is 10.2 Å². The summed E-state index contributed by atoms with van der Waals surface area (Å²) in [4.78, 5) is 16.1. The van der Waals surface area contributed by atoms with Crippen molar-refractivity contribution in [1.29, 1.82) is 5.26 Å². The number of nitrogens with one attached hydrogen (secondary N) is 1. The SMILES string of the molecule is N#Cc1c(F)cccc1N1CCN(CC(=O)NC[C@H]2CCCO2)CC1. The van der Waals surface area contributed by atoms with Gasteiger partial charge in [0.2, 0.25) is 5.91 Å². The van der Waals surface area contributed by atoms with Crippen LogP contribution >= 0.6 is 0 Å². The van der Waals surface area contributed by atoms with E-state index in [4.69, 9.17) is 10.00 Å². The molecule has 2 saturated heterocycles. The van der Waals surface area contributed by atoms with Crippen molar-refractivity contribution in [3.63, 3.8) is 0 Å². The van der Waals surface area contributed by atoms with Gasteiger partial charge in [0.1, 0.15) is 17.4 Å². The zero-order valence-electron chi connectivity index (χ0n) is 14.2. The van der Waals surface area contributed by atoms with Crippen molar-refractivity contribution in [1.82, 2.24) is 10.2 Å². The van der Waals surface area contributed by atoms with Crippen LogP contribution in [0.4, 0.5) is 10.1 Å². The van der Waals surface area contributed by atoms with Crippen molar-refractivity contribution >= 4 is 11.6 Å². The van der Waals surface area contributed by atoms with Crippen LogP contribution in [0.25, 0.3) is 0 Å². The Morgan fingerprint density at radius 1 is 1.36 bits per heavy atom. The molecule has 134 valence electrons. The molecule has 2 fully saturated rings. The van der Waals surface area contributed by atoms with E-state index < -0.39 is 5.82 Å². The molecule has 3 rings (SSSR count). The van der Waals surface area contributed by atoms with Crippen LogP contribution in [0.15, 0.2) is 18.2 Å². The quantitative estimate of drug-likeness (QED) is 0.865. The Morgan fingerprint density at radius 2 is 2.16 bits per heavy atom. The molecular weight excluding hydrogens is 323 g/mol. The Balaban J connectivity index is 1.46. The fourth-order valence-corrected chi connectivity index (χ4v) is 3.33. The van der Waals surface area contributed by atoms with Crippen molar-refractivity contribution in [2.75, 3.05) is 50.8 Å². The van der Waals surface area contributed by atoms with Crippen LogP contribution in [0.5, 0.6) is 0 Å². The molecule has 1 amide bonds. The van der Waals surface area contributed by atoms with E-state index in [0.29, 0.717) is 45.0 Å². The van der Waals surface area contributed by atoms with Crippen molar-refractivity contribution in [2.24, 2.45) is 0 Å². The first-order valence-corrected chi connectivity index (χ1v) is 8.71. The normalized spacial score (nSPS) is 21.1. The number of anilines is 1. The lowest BCUT2D eigenvalue weighted by Gasteiger charge is -2.36. The lowest BCUT2D eigenvalue weighted by atomic mass is 10.1. The van der Waals surface area contributed by atoms with E-state index in [1.807, 2.05) is 11.0 Å². The van der Waals surface area contributed by atoms with Gasteiger partial charge in [-0.3, -0.25) is 9.69 Å². The lowest BCUT2D eigenvalue weighted by Crippen LogP contribution is -2.50. The van der Waals surface area contributed by atoms with Crippen LogP contribution in [0.3, 0.4) is 0 Å². The third-order valence-electron chi connectivity index (χ3n) is 4.73. The number of benzene rings is 1. The highest BCUT2D eigenvalue weighted by atomic mass is 19.1. The van der Waals surface area contributed by atoms with Gasteiger partial charge in [0.05, 0.1) is 18.3 Å². The molecule has 0 unspecified atom stereocenters. The molecule has 1 aromatic carbocycles. The van der Waals surface area contributed by atoms with Gasteiger partial charge in [0, 0.05) is 39.3 Å². The van der Waals surface area contributed by atoms with E-state index in [9.17, 15) is 9.18 Å². The lowest BCUT2D eigenvalue weighted by molar-refractivity contribution is -0.122. The van der Waals surface area contributed by atoms with Gasteiger partial charge in [0.15, 0.2) is 0 Å². The fourth-order valence-electron chi connectivity index (χ4n) is 3.33. The smallest absolute Gasteiger partial charge is 0.234 e. The van der Waals surface area contributed by atoms with Gasteiger partial charge < -0.3 is 15.0 Å². The number of carbonyl (C=O) groups excluding carboxylic acids is 1. The number of halogens is 1. The molecule has 0 aliphatic carbocycles. The maximum atomic E-state index is 13.7. The zero-order chi connectivity index (χ0) is 17.6. The van der Waals surface area contributed by atoms with Gasteiger partial charge in [-0.1, -0.05) is 6.07 Å². The Kier molecular flexibility index (Phi) is 5.84. The summed E-state index contributed by atoms with van der Waals surface area (Å²) in [5.74, 6) is -0.483. The van der Waals surface area contributed by atoms with E-state index in [-0.39, 0.29) is 17.6 Å². The second-order valence-corrected chi connectivity index (χ2v) is 6.45. The number of carbonyl (C=O) groups is 1. The predicted octanol–water partition coefficient (Wildman–Crippen LogP) is 1.11. The first-order valence-electron chi connectivity index (χ1n) is 8.71. The van der Waals surface area contributed by atoms with Gasteiger partial charge in [-0.15, -0.1) is 0 Å². The molecule has 0 spiro atoms. The average Bonchev–Trinajstić information content (AvgIpc) is 3.14. The number of hydrogen-bond acceptors (Lipinski definition) is 5. The first kappa shape index (κ1) is 17.6. The molecule has 2 heterocycles. The summed E-state index contributed by atoms with van der Waals surface area (Å²) in [5.41, 5.74) is 0.718. The molecule has 2 aliphatic heterocycles. The third kappa shape index (κ3) is 4.47. The monoisotopic (exact) mass is 346 g/mol. The van der Waals surface area contributed by atoms with Crippen LogP contribution in [-0.4, -0.2) is 62.8 Å². The highest BCUT2D eigenvalue weighted by Crippen LogP contribution is 2.23. The predicted molar refractivity (Wildman–Crippen MR) is 91.8 cm³/mol. The summed E-state index contributed by atoms with van der Waals surface area (Å²) in [6, 6.07) is 6.63. The maximum Gasteiger partial charge on any atom is 0.234 e. The minimum Gasteiger partial charge on any atom is -0.376 e. The van der Waals surface area contributed by atoms with E-state index in [2.05, 4.69) is 10.2 Å². The minimum atomic E-state index is -0.490. The molecule has 2 aliphatic rings. The molecule has 6 nitrogen and oxygen atoms in total. The Hall–Kier alpha value is -2.17. The number of piperazine rings is 1.